The van der Waals surface area contributed by atoms with Crippen LogP contribution in [0.2, 0.25) is 5.15 Å². The SMILES string of the molecule is N#CCc1cc(C(F)F)c(I)nc1Cl. The third-order valence-electron chi connectivity index (χ3n) is 1.53. The van der Waals surface area contributed by atoms with Crippen molar-refractivity contribution in [1.82, 2.24) is 4.98 Å². The minimum Gasteiger partial charge on any atom is -0.229 e. The summed E-state index contributed by atoms with van der Waals surface area (Å²) in [4.78, 5) is 3.73. The van der Waals surface area contributed by atoms with E-state index in [2.05, 4.69) is 4.98 Å². The van der Waals surface area contributed by atoms with Gasteiger partial charge in [0, 0.05) is 5.56 Å². The van der Waals surface area contributed by atoms with Gasteiger partial charge in [0.2, 0.25) is 0 Å². The maximum absolute atomic E-state index is 12.4. The van der Waals surface area contributed by atoms with Crippen LogP contribution >= 0.6 is 34.2 Å². The highest BCUT2D eigenvalue weighted by Crippen LogP contribution is 2.27. The quantitative estimate of drug-likeness (QED) is 0.617. The van der Waals surface area contributed by atoms with E-state index in [0.717, 1.165) is 0 Å². The van der Waals surface area contributed by atoms with Crippen molar-refractivity contribution in [1.29, 1.82) is 5.26 Å². The molecule has 0 atom stereocenters. The molecule has 0 aliphatic rings. The van der Waals surface area contributed by atoms with Crippen molar-refractivity contribution >= 4 is 34.2 Å². The summed E-state index contributed by atoms with van der Waals surface area (Å²) in [5, 5.41) is 8.53. The monoisotopic (exact) mass is 328 g/mol. The molecule has 1 heterocycles. The minimum absolute atomic E-state index is 0.0114. The molecule has 1 aromatic heterocycles. The standard InChI is InChI=1S/C8H4ClF2IN2/c9-6-4(1-2-13)3-5(7(10)11)8(12)14-6/h3,7H,1H2. The summed E-state index contributed by atoms with van der Waals surface area (Å²) in [5.74, 6) is 0. The Bertz CT molecular complexity index is 390. The van der Waals surface area contributed by atoms with E-state index in [0.29, 0.717) is 5.56 Å². The molecule has 14 heavy (non-hydrogen) atoms. The Morgan fingerprint density at radius 3 is 2.79 bits per heavy atom. The van der Waals surface area contributed by atoms with Crippen molar-refractivity contribution in [3.05, 3.63) is 26.0 Å². The first-order chi connectivity index (χ1) is 6.56. The van der Waals surface area contributed by atoms with Crippen LogP contribution in [0.25, 0.3) is 0 Å². The van der Waals surface area contributed by atoms with Crippen LogP contribution in [0.15, 0.2) is 6.07 Å². The molecule has 0 saturated carbocycles. The fourth-order valence-electron chi connectivity index (χ4n) is 0.892. The van der Waals surface area contributed by atoms with Crippen LogP contribution < -0.4 is 0 Å². The number of nitriles is 1. The highest BCUT2D eigenvalue weighted by atomic mass is 127. The summed E-state index contributed by atoms with van der Waals surface area (Å²) in [6.45, 7) is 0. The van der Waals surface area contributed by atoms with Crippen LogP contribution in [0.5, 0.6) is 0 Å². The largest absolute Gasteiger partial charge is 0.266 e. The van der Waals surface area contributed by atoms with Crippen molar-refractivity contribution in [2.75, 3.05) is 0 Å². The molecule has 0 bridgehead atoms. The van der Waals surface area contributed by atoms with Crippen LogP contribution in [-0.4, -0.2) is 4.98 Å². The zero-order chi connectivity index (χ0) is 10.7. The summed E-state index contributed by atoms with van der Waals surface area (Å²) in [7, 11) is 0. The number of hydrogen-bond acceptors (Lipinski definition) is 2. The molecule has 0 aliphatic heterocycles. The predicted octanol–water partition coefficient (Wildman–Crippen LogP) is 3.34. The van der Waals surface area contributed by atoms with Gasteiger partial charge in [-0.05, 0) is 28.7 Å². The molecule has 0 spiro atoms. The Balaban J connectivity index is 3.21. The molecule has 6 heteroatoms. The second-order valence-corrected chi connectivity index (χ2v) is 3.83. The van der Waals surface area contributed by atoms with Gasteiger partial charge in [0.25, 0.3) is 6.43 Å². The summed E-state index contributed by atoms with van der Waals surface area (Å²) in [6.07, 6.45) is -2.60. The molecule has 2 nitrogen and oxygen atoms in total. The molecule has 0 aromatic carbocycles. The van der Waals surface area contributed by atoms with Gasteiger partial charge in [0.15, 0.2) is 0 Å². The predicted molar refractivity (Wildman–Crippen MR) is 56.2 cm³/mol. The van der Waals surface area contributed by atoms with Crippen molar-refractivity contribution in [2.24, 2.45) is 0 Å². The third kappa shape index (κ3) is 2.51. The van der Waals surface area contributed by atoms with Crippen LogP contribution in [0.3, 0.4) is 0 Å². The molecule has 1 aromatic rings. The van der Waals surface area contributed by atoms with Gasteiger partial charge in [0.05, 0.1) is 18.1 Å². The molecule has 0 radical (unpaired) electrons. The summed E-state index contributed by atoms with van der Waals surface area (Å²) in [5.41, 5.74) is 0.158. The van der Waals surface area contributed by atoms with Crippen LogP contribution in [0, 0.1) is 15.0 Å². The van der Waals surface area contributed by atoms with Crippen LogP contribution in [0.4, 0.5) is 8.78 Å². The van der Waals surface area contributed by atoms with Crippen molar-refractivity contribution < 1.29 is 8.78 Å². The van der Waals surface area contributed by atoms with E-state index in [9.17, 15) is 8.78 Å². The number of alkyl halides is 2. The number of aromatic nitrogens is 1. The lowest BCUT2D eigenvalue weighted by atomic mass is 10.2. The van der Waals surface area contributed by atoms with Gasteiger partial charge >= 0.3 is 0 Å². The van der Waals surface area contributed by atoms with Gasteiger partial charge < -0.3 is 0 Å². The fraction of sp³-hybridized carbons (Fsp3) is 0.250. The maximum Gasteiger partial charge on any atom is 0.266 e. The zero-order valence-corrected chi connectivity index (χ0v) is 9.68. The molecule has 0 N–H and O–H groups in total. The topological polar surface area (TPSA) is 36.7 Å². The molecular formula is C8H4ClF2IN2. The number of nitrogens with zero attached hydrogens (tertiary/aromatic N) is 2. The van der Waals surface area contributed by atoms with E-state index < -0.39 is 6.43 Å². The molecule has 1 rings (SSSR count). The van der Waals surface area contributed by atoms with E-state index in [1.54, 1.807) is 22.6 Å². The van der Waals surface area contributed by atoms with Crippen molar-refractivity contribution in [3.63, 3.8) is 0 Å². The first kappa shape index (κ1) is 11.6. The van der Waals surface area contributed by atoms with Gasteiger partial charge in [-0.2, -0.15) is 5.26 Å². The molecule has 0 fully saturated rings. The Hall–Kier alpha value is -0.480. The number of pyridine rings is 1. The second kappa shape index (κ2) is 4.84. The molecular weight excluding hydrogens is 324 g/mol. The zero-order valence-electron chi connectivity index (χ0n) is 6.77. The smallest absolute Gasteiger partial charge is 0.229 e. The van der Waals surface area contributed by atoms with Crippen LogP contribution in [0.1, 0.15) is 17.6 Å². The lowest BCUT2D eigenvalue weighted by Crippen LogP contribution is -1.98. The Labute approximate surface area is 98.0 Å². The first-order valence-corrected chi connectivity index (χ1v) is 5.02. The highest BCUT2D eigenvalue weighted by molar-refractivity contribution is 14.1. The lowest BCUT2D eigenvalue weighted by molar-refractivity contribution is 0.150. The van der Waals surface area contributed by atoms with Gasteiger partial charge in [-0.3, -0.25) is 0 Å². The normalized spacial score (nSPS) is 10.3. The third-order valence-corrected chi connectivity index (χ3v) is 2.73. The summed E-state index contributed by atoms with van der Waals surface area (Å²) >= 11 is 7.36. The van der Waals surface area contributed by atoms with E-state index in [1.165, 1.54) is 6.07 Å². The van der Waals surface area contributed by atoms with Crippen molar-refractivity contribution in [3.8, 4) is 6.07 Å². The van der Waals surface area contributed by atoms with Gasteiger partial charge in [-0.1, -0.05) is 11.6 Å². The maximum atomic E-state index is 12.4. The first-order valence-electron chi connectivity index (χ1n) is 3.56. The van der Waals surface area contributed by atoms with Gasteiger partial charge in [0.1, 0.15) is 8.85 Å². The van der Waals surface area contributed by atoms with E-state index in [-0.39, 0.29) is 20.8 Å². The molecule has 0 unspecified atom stereocenters. The van der Waals surface area contributed by atoms with Crippen molar-refractivity contribution in [2.45, 2.75) is 12.8 Å². The lowest BCUT2D eigenvalue weighted by Gasteiger charge is -2.05. The molecule has 0 aliphatic carbocycles. The van der Waals surface area contributed by atoms with Crippen LogP contribution in [-0.2, 0) is 6.42 Å². The fourth-order valence-corrected chi connectivity index (χ4v) is 1.87. The second-order valence-electron chi connectivity index (χ2n) is 2.45. The van der Waals surface area contributed by atoms with E-state index in [1.807, 2.05) is 6.07 Å². The Morgan fingerprint density at radius 2 is 2.29 bits per heavy atom. The number of rotatable bonds is 2. The highest BCUT2D eigenvalue weighted by Gasteiger charge is 2.15. The minimum atomic E-state index is -2.59. The molecule has 74 valence electrons. The number of hydrogen-bond donors (Lipinski definition) is 0. The average molecular weight is 328 g/mol. The Morgan fingerprint density at radius 1 is 1.64 bits per heavy atom. The average Bonchev–Trinajstić information content (AvgIpc) is 2.09. The summed E-state index contributed by atoms with van der Waals surface area (Å²) in [6, 6.07) is 3.07. The summed E-state index contributed by atoms with van der Waals surface area (Å²) < 4.78 is 25.0. The number of halogens is 4. The molecule has 0 saturated heterocycles. The van der Waals surface area contributed by atoms with E-state index in [4.69, 9.17) is 16.9 Å². The molecule has 0 amide bonds. The Kier molecular flexibility index (Phi) is 4.01. The van der Waals surface area contributed by atoms with Gasteiger partial charge in [-0.25, -0.2) is 13.8 Å². The van der Waals surface area contributed by atoms with Gasteiger partial charge in [-0.15, -0.1) is 0 Å². The van der Waals surface area contributed by atoms with E-state index >= 15 is 0 Å².